The van der Waals surface area contributed by atoms with Crippen LogP contribution in [0.2, 0.25) is 0 Å². The molecule has 1 aromatic heterocycles. The Morgan fingerprint density at radius 1 is 1.14 bits per heavy atom. The molecule has 0 unspecified atom stereocenters. The van der Waals surface area contributed by atoms with Crippen LogP contribution in [-0.2, 0) is 33.8 Å². The summed E-state index contributed by atoms with van der Waals surface area (Å²) in [6, 6.07) is 13.4. The molecule has 0 atom stereocenters. The summed E-state index contributed by atoms with van der Waals surface area (Å²) in [5, 5.41) is 5.26. The second-order valence-corrected chi connectivity index (χ2v) is 7.18. The van der Waals surface area contributed by atoms with Crippen molar-refractivity contribution >= 4 is 28.9 Å². The SMILES string of the molecule is Cc1ccccc1NC(=O)Cc1nc(COC(=O)Cc2cccc(F)c2)cs1. The van der Waals surface area contributed by atoms with Crippen LogP contribution in [0, 0.1) is 12.7 Å². The largest absolute Gasteiger partial charge is 0.459 e. The maximum absolute atomic E-state index is 13.1. The van der Waals surface area contributed by atoms with Crippen molar-refractivity contribution < 1.29 is 18.7 Å². The fourth-order valence-electron chi connectivity index (χ4n) is 2.56. The van der Waals surface area contributed by atoms with Crippen molar-refractivity contribution in [1.82, 2.24) is 4.98 Å². The second-order valence-electron chi connectivity index (χ2n) is 6.24. The quantitative estimate of drug-likeness (QED) is 0.610. The van der Waals surface area contributed by atoms with Crippen LogP contribution >= 0.6 is 11.3 Å². The Balaban J connectivity index is 1.48. The lowest BCUT2D eigenvalue weighted by Crippen LogP contribution is -2.15. The molecule has 7 heteroatoms. The fraction of sp³-hybridized carbons (Fsp3) is 0.190. The number of nitrogens with one attached hydrogen (secondary N) is 1. The summed E-state index contributed by atoms with van der Waals surface area (Å²) in [7, 11) is 0. The maximum Gasteiger partial charge on any atom is 0.310 e. The Kier molecular flexibility index (Phi) is 6.49. The Morgan fingerprint density at radius 2 is 1.96 bits per heavy atom. The number of halogens is 1. The number of nitrogens with zero attached hydrogens (tertiary/aromatic N) is 1. The van der Waals surface area contributed by atoms with Gasteiger partial charge in [0.05, 0.1) is 18.5 Å². The van der Waals surface area contributed by atoms with E-state index in [1.807, 2.05) is 31.2 Å². The van der Waals surface area contributed by atoms with E-state index in [9.17, 15) is 14.0 Å². The lowest BCUT2D eigenvalue weighted by atomic mass is 10.1. The number of hydrogen-bond acceptors (Lipinski definition) is 5. The highest BCUT2D eigenvalue weighted by Gasteiger charge is 2.11. The van der Waals surface area contributed by atoms with E-state index in [2.05, 4.69) is 10.3 Å². The van der Waals surface area contributed by atoms with Gasteiger partial charge in [-0.2, -0.15) is 0 Å². The van der Waals surface area contributed by atoms with E-state index in [0.717, 1.165) is 11.3 Å². The minimum atomic E-state index is -0.461. The molecule has 2 aromatic carbocycles. The van der Waals surface area contributed by atoms with Crippen molar-refractivity contribution in [3.63, 3.8) is 0 Å². The number of ether oxygens (including phenoxy) is 1. The molecule has 3 aromatic rings. The first-order valence-corrected chi connectivity index (χ1v) is 9.56. The number of hydrogen-bond donors (Lipinski definition) is 1. The molecule has 3 rings (SSSR count). The molecule has 1 amide bonds. The smallest absolute Gasteiger partial charge is 0.310 e. The highest BCUT2D eigenvalue weighted by atomic mass is 32.1. The normalized spacial score (nSPS) is 10.5. The average molecular weight is 398 g/mol. The summed E-state index contributed by atoms with van der Waals surface area (Å²) in [6.07, 6.45) is 0.143. The van der Waals surface area contributed by atoms with E-state index in [1.165, 1.54) is 23.5 Å². The molecule has 0 aliphatic heterocycles. The first-order chi connectivity index (χ1) is 13.5. The van der Waals surface area contributed by atoms with Gasteiger partial charge in [0, 0.05) is 11.1 Å². The van der Waals surface area contributed by atoms with Crippen LogP contribution in [0.1, 0.15) is 21.8 Å². The molecule has 5 nitrogen and oxygen atoms in total. The molecule has 0 spiro atoms. The van der Waals surface area contributed by atoms with Gasteiger partial charge in [0.15, 0.2) is 0 Å². The third-order valence-electron chi connectivity index (χ3n) is 3.95. The van der Waals surface area contributed by atoms with Gasteiger partial charge in [0.2, 0.25) is 5.91 Å². The first-order valence-electron chi connectivity index (χ1n) is 8.68. The predicted molar refractivity (Wildman–Crippen MR) is 106 cm³/mol. The molecule has 0 saturated heterocycles. The third kappa shape index (κ3) is 5.72. The molecule has 28 heavy (non-hydrogen) atoms. The van der Waals surface area contributed by atoms with Crippen LogP contribution in [0.15, 0.2) is 53.9 Å². The summed E-state index contributed by atoms with van der Waals surface area (Å²) in [4.78, 5) is 28.4. The third-order valence-corrected chi connectivity index (χ3v) is 4.85. The zero-order chi connectivity index (χ0) is 19.9. The van der Waals surface area contributed by atoms with E-state index in [0.29, 0.717) is 16.3 Å². The molecule has 0 saturated carbocycles. The number of carbonyl (C=O) groups is 2. The second kappa shape index (κ2) is 9.23. The Morgan fingerprint density at radius 3 is 2.75 bits per heavy atom. The van der Waals surface area contributed by atoms with E-state index in [4.69, 9.17) is 4.74 Å². The van der Waals surface area contributed by atoms with Gasteiger partial charge in [-0.3, -0.25) is 9.59 Å². The summed E-state index contributed by atoms with van der Waals surface area (Å²) >= 11 is 1.34. The topological polar surface area (TPSA) is 68.3 Å². The van der Waals surface area contributed by atoms with Gasteiger partial charge in [-0.15, -0.1) is 11.3 Å². The van der Waals surface area contributed by atoms with Crippen LogP contribution in [-0.4, -0.2) is 16.9 Å². The van der Waals surface area contributed by atoms with Gasteiger partial charge < -0.3 is 10.1 Å². The van der Waals surface area contributed by atoms with Gasteiger partial charge in [0.25, 0.3) is 0 Å². The zero-order valence-electron chi connectivity index (χ0n) is 15.3. The van der Waals surface area contributed by atoms with E-state index in [-0.39, 0.29) is 25.4 Å². The van der Waals surface area contributed by atoms with Gasteiger partial charge in [-0.1, -0.05) is 30.3 Å². The minimum Gasteiger partial charge on any atom is -0.459 e. The molecule has 0 fully saturated rings. The fourth-order valence-corrected chi connectivity index (χ4v) is 3.34. The van der Waals surface area contributed by atoms with Crippen molar-refractivity contribution in [2.24, 2.45) is 0 Å². The Hall–Kier alpha value is -3.06. The molecular weight excluding hydrogens is 379 g/mol. The number of esters is 1. The molecule has 1 heterocycles. The maximum atomic E-state index is 13.1. The molecule has 0 radical (unpaired) electrons. The number of rotatable bonds is 7. The molecule has 0 aliphatic rings. The molecule has 0 bridgehead atoms. The highest BCUT2D eigenvalue weighted by molar-refractivity contribution is 7.09. The number of carbonyl (C=O) groups excluding carboxylic acids is 2. The van der Waals surface area contributed by atoms with Crippen LogP contribution in [0.3, 0.4) is 0 Å². The van der Waals surface area contributed by atoms with Gasteiger partial charge in [-0.25, -0.2) is 9.37 Å². The standard InChI is InChI=1S/C21H19FN2O3S/c1-14-5-2-3-8-18(14)24-19(25)11-20-23-17(13-28-20)12-27-21(26)10-15-6-4-7-16(22)9-15/h2-9,13H,10-12H2,1H3,(H,24,25). The van der Waals surface area contributed by atoms with Crippen LogP contribution in [0.5, 0.6) is 0 Å². The van der Waals surface area contributed by atoms with Crippen LogP contribution in [0.4, 0.5) is 10.1 Å². The van der Waals surface area contributed by atoms with Crippen LogP contribution < -0.4 is 5.32 Å². The van der Waals surface area contributed by atoms with E-state index >= 15 is 0 Å². The Labute approximate surface area is 166 Å². The first kappa shape index (κ1) is 19.7. The lowest BCUT2D eigenvalue weighted by Gasteiger charge is -2.06. The van der Waals surface area contributed by atoms with Crippen molar-refractivity contribution in [2.45, 2.75) is 26.4 Å². The molecule has 0 aliphatic carbocycles. The van der Waals surface area contributed by atoms with Crippen molar-refractivity contribution in [1.29, 1.82) is 0 Å². The van der Waals surface area contributed by atoms with E-state index in [1.54, 1.807) is 17.5 Å². The van der Waals surface area contributed by atoms with Crippen molar-refractivity contribution in [2.75, 3.05) is 5.32 Å². The molecule has 144 valence electrons. The summed E-state index contributed by atoms with van der Waals surface area (Å²) in [5.41, 5.74) is 2.89. The number of thiazole rings is 1. The molecule has 1 N–H and O–H groups in total. The number of para-hydroxylation sites is 1. The van der Waals surface area contributed by atoms with Gasteiger partial charge >= 0.3 is 5.97 Å². The van der Waals surface area contributed by atoms with Crippen LogP contribution in [0.25, 0.3) is 0 Å². The number of aromatic nitrogens is 1. The minimum absolute atomic E-state index is 0.00636. The average Bonchev–Trinajstić information content (AvgIpc) is 3.09. The number of benzene rings is 2. The molecular formula is C21H19FN2O3S. The predicted octanol–water partition coefficient (Wildman–Crippen LogP) is 4.06. The van der Waals surface area contributed by atoms with Crippen molar-refractivity contribution in [3.05, 3.63) is 81.6 Å². The summed E-state index contributed by atoms with van der Waals surface area (Å²) < 4.78 is 18.3. The van der Waals surface area contributed by atoms with Crippen molar-refractivity contribution in [3.8, 4) is 0 Å². The number of aryl methyl sites for hydroxylation is 1. The van der Waals surface area contributed by atoms with Gasteiger partial charge in [0.1, 0.15) is 17.4 Å². The number of anilines is 1. The highest BCUT2D eigenvalue weighted by Crippen LogP contribution is 2.16. The number of amides is 1. The monoisotopic (exact) mass is 398 g/mol. The summed E-state index contributed by atoms with van der Waals surface area (Å²) in [6.45, 7) is 1.94. The summed E-state index contributed by atoms with van der Waals surface area (Å²) in [5.74, 6) is -1.01. The Bertz CT molecular complexity index is 987. The van der Waals surface area contributed by atoms with E-state index < -0.39 is 11.8 Å². The lowest BCUT2D eigenvalue weighted by molar-refractivity contribution is -0.144. The zero-order valence-corrected chi connectivity index (χ0v) is 16.1. The van der Waals surface area contributed by atoms with Gasteiger partial charge in [-0.05, 0) is 36.2 Å².